The van der Waals surface area contributed by atoms with Crippen molar-refractivity contribution in [3.63, 3.8) is 0 Å². The van der Waals surface area contributed by atoms with Gasteiger partial charge in [-0.25, -0.2) is 0 Å². The molecule has 1 aromatic carbocycles. The highest BCUT2D eigenvalue weighted by molar-refractivity contribution is 5.68. The summed E-state index contributed by atoms with van der Waals surface area (Å²) >= 11 is 0. The monoisotopic (exact) mass is 564 g/mol. The number of fused-ring (bicyclic) bond motifs is 1. The van der Waals surface area contributed by atoms with Crippen LogP contribution in [0.25, 0.3) is 0 Å². The van der Waals surface area contributed by atoms with Crippen LogP contribution in [0, 0.1) is 0 Å². The van der Waals surface area contributed by atoms with E-state index in [9.17, 15) is 19.2 Å². The van der Waals surface area contributed by atoms with Gasteiger partial charge in [0.1, 0.15) is 31.5 Å². The molecular formula is C27H32O13. The van der Waals surface area contributed by atoms with Crippen LogP contribution in [-0.2, 0) is 61.8 Å². The summed E-state index contributed by atoms with van der Waals surface area (Å²) in [5, 5.41) is 0. The van der Waals surface area contributed by atoms with Gasteiger partial charge in [-0.15, -0.1) is 0 Å². The molecule has 2 saturated heterocycles. The van der Waals surface area contributed by atoms with E-state index in [1.165, 1.54) is 13.8 Å². The number of carbonyl (C=O) groups is 4. The summed E-state index contributed by atoms with van der Waals surface area (Å²) in [5.41, 5.74) is 0.854. The van der Waals surface area contributed by atoms with E-state index in [-0.39, 0.29) is 13.2 Å². The van der Waals surface area contributed by atoms with Crippen molar-refractivity contribution in [2.45, 2.75) is 76.6 Å². The quantitative estimate of drug-likeness (QED) is 0.242. The molecule has 0 aliphatic carbocycles. The summed E-state index contributed by atoms with van der Waals surface area (Å²) in [7, 11) is 0. The Morgan fingerprint density at radius 2 is 1.57 bits per heavy atom. The van der Waals surface area contributed by atoms with Crippen molar-refractivity contribution in [1.29, 1.82) is 0 Å². The van der Waals surface area contributed by atoms with Gasteiger partial charge in [0.25, 0.3) is 0 Å². The highest BCUT2D eigenvalue weighted by Gasteiger charge is 2.62. The predicted octanol–water partition coefficient (Wildman–Crippen LogP) is 1.48. The van der Waals surface area contributed by atoms with Crippen LogP contribution in [0.15, 0.2) is 42.5 Å². The van der Waals surface area contributed by atoms with Crippen molar-refractivity contribution in [2.24, 2.45) is 0 Å². The zero-order valence-corrected chi connectivity index (χ0v) is 22.5. The third-order valence-corrected chi connectivity index (χ3v) is 6.18. The summed E-state index contributed by atoms with van der Waals surface area (Å²) in [5.74, 6) is -4.78. The smallest absolute Gasteiger partial charge is 0.303 e. The first-order valence-corrected chi connectivity index (χ1v) is 12.7. The van der Waals surface area contributed by atoms with Crippen LogP contribution in [0.5, 0.6) is 0 Å². The third-order valence-electron chi connectivity index (χ3n) is 6.18. The number of hydrogen-bond donors (Lipinski definition) is 0. The van der Waals surface area contributed by atoms with Crippen LogP contribution < -0.4 is 0 Å². The molecule has 0 aromatic heterocycles. The maximum atomic E-state index is 12.1. The lowest BCUT2D eigenvalue weighted by atomic mass is 10.0. The Hall–Kier alpha value is -3.36. The Kier molecular flexibility index (Phi) is 9.53. The van der Waals surface area contributed by atoms with E-state index in [1.54, 1.807) is 12.2 Å². The normalized spacial score (nSPS) is 33.0. The van der Waals surface area contributed by atoms with Gasteiger partial charge in [0.05, 0.1) is 6.61 Å². The molecule has 0 saturated carbocycles. The number of rotatable bonds is 9. The maximum Gasteiger partial charge on any atom is 0.303 e. The molecule has 1 aromatic rings. The SMILES string of the molecule is CC(=O)OC[C@H]1O[C@@](COC(C)=O)(O[C@@H]2C=C[C@@H]3O[C@H](c4ccccc4)OC[C@H]3O2)[C@@H](OC(C)=O)[C@@H]1OC(C)=O. The first kappa shape index (κ1) is 29.6. The molecular weight excluding hydrogens is 532 g/mol. The van der Waals surface area contributed by atoms with E-state index >= 15 is 0 Å². The number of esters is 4. The van der Waals surface area contributed by atoms with Crippen molar-refractivity contribution in [3.8, 4) is 0 Å². The van der Waals surface area contributed by atoms with Crippen LogP contribution in [0.4, 0.5) is 0 Å². The van der Waals surface area contributed by atoms with Gasteiger partial charge in [-0.1, -0.05) is 36.4 Å². The van der Waals surface area contributed by atoms with Gasteiger partial charge >= 0.3 is 23.9 Å². The van der Waals surface area contributed by atoms with Crippen molar-refractivity contribution < 1.29 is 61.8 Å². The fourth-order valence-electron chi connectivity index (χ4n) is 4.58. The Morgan fingerprint density at radius 1 is 0.875 bits per heavy atom. The molecule has 40 heavy (non-hydrogen) atoms. The van der Waals surface area contributed by atoms with Gasteiger partial charge < -0.3 is 42.6 Å². The molecule has 0 radical (unpaired) electrons. The van der Waals surface area contributed by atoms with Crippen LogP contribution in [-0.4, -0.2) is 86.3 Å². The standard InChI is InChI=1S/C27H32O13/c1-15(28)32-13-22-24(35-17(3)30)25(36-18(4)31)27(39-22,14-34-16(2)29)40-23-11-10-20-21(37-23)12-33-26(38-20)19-8-6-5-7-9-19/h5-11,20-26H,12-14H2,1-4H3/t20-,21+,22+,23+,24+,25-,26+,27-/m0/s1. The van der Waals surface area contributed by atoms with Gasteiger partial charge in [-0.3, -0.25) is 19.2 Å². The lowest BCUT2D eigenvalue weighted by Crippen LogP contribution is -2.55. The summed E-state index contributed by atoms with van der Waals surface area (Å²) in [6.07, 6.45) is -3.25. The molecule has 2 fully saturated rings. The summed E-state index contributed by atoms with van der Waals surface area (Å²) in [6.45, 7) is 3.89. The van der Waals surface area contributed by atoms with Gasteiger partial charge in [0, 0.05) is 33.3 Å². The van der Waals surface area contributed by atoms with E-state index in [2.05, 4.69) is 0 Å². The molecule has 13 heteroatoms. The highest BCUT2D eigenvalue weighted by atomic mass is 16.8. The van der Waals surface area contributed by atoms with Gasteiger partial charge in [0.2, 0.25) is 5.79 Å². The molecule has 8 atom stereocenters. The molecule has 0 N–H and O–H groups in total. The largest absolute Gasteiger partial charge is 0.463 e. The second kappa shape index (κ2) is 12.9. The molecule has 4 rings (SSSR count). The maximum absolute atomic E-state index is 12.1. The van der Waals surface area contributed by atoms with Gasteiger partial charge in [0.15, 0.2) is 24.8 Å². The summed E-state index contributed by atoms with van der Waals surface area (Å²) < 4.78 is 51.4. The van der Waals surface area contributed by atoms with Crippen molar-refractivity contribution in [2.75, 3.05) is 19.8 Å². The van der Waals surface area contributed by atoms with E-state index in [0.29, 0.717) is 0 Å². The zero-order chi connectivity index (χ0) is 28.9. The van der Waals surface area contributed by atoms with Crippen LogP contribution >= 0.6 is 0 Å². The fraction of sp³-hybridized carbons (Fsp3) is 0.556. The molecule has 13 nitrogen and oxygen atoms in total. The Labute approximate surface area is 230 Å². The second-order valence-electron chi connectivity index (χ2n) is 9.38. The van der Waals surface area contributed by atoms with Crippen molar-refractivity contribution in [1.82, 2.24) is 0 Å². The molecule has 0 spiro atoms. The third kappa shape index (κ3) is 7.23. The summed E-state index contributed by atoms with van der Waals surface area (Å²) in [4.78, 5) is 47.4. The topological polar surface area (TPSA) is 151 Å². The number of hydrogen-bond acceptors (Lipinski definition) is 13. The predicted molar refractivity (Wildman–Crippen MR) is 131 cm³/mol. The first-order valence-electron chi connectivity index (χ1n) is 12.7. The Morgan fingerprint density at radius 3 is 2.23 bits per heavy atom. The van der Waals surface area contributed by atoms with Crippen LogP contribution in [0.2, 0.25) is 0 Å². The Balaban J connectivity index is 1.58. The average molecular weight is 565 g/mol. The lowest BCUT2D eigenvalue weighted by molar-refractivity contribution is -0.350. The molecule has 3 aliphatic heterocycles. The molecule has 218 valence electrons. The van der Waals surface area contributed by atoms with E-state index in [0.717, 1.165) is 19.4 Å². The van der Waals surface area contributed by atoms with E-state index in [4.69, 9.17) is 42.6 Å². The minimum atomic E-state index is -2.01. The molecule has 0 unspecified atom stereocenters. The van der Waals surface area contributed by atoms with Gasteiger partial charge in [-0.2, -0.15) is 0 Å². The highest BCUT2D eigenvalue weighted by Crippen LogP contribution is 2.40. The van der Waals surface area contributed by atoms with Gasteiger partial charge in [-0.05, 0) is 6.08 Å². The minimum absolute atomic E-state index is 0.171. The van der Waals surface area contributed by atoms with Crippen molar-refractivity contribution in [3.05, 3.63) is 48.0 Å². The van der Waals surface area contributed by atoms with E-state index in [1.807, 2.05) is 30.3 Å². The molecule has 0 bridgehead atoms. The number of carbonyl (C=O) groups excluding carboxylic acids is 4. The van der Waals surface area contributed by atoms with Crippen molar-refractivity contribution >= 4 is 23.9 Å². The minimum Gasteiger partial charge on any atom is -0.463 e. The van der Waals surface area contributed by atoms with Crippen LogP contribution in [0.3, 0.4) is 0 Å². The number of benzene rings is 1. The first-order chi connectivity index (χ1) is 19.1. The second-order valence-corrected chi connectivity index (χ2v) is 9.38. The lowest BCUT2D eigenvalue weighted by Gasteiger charge is -2.41. The van der Waals surface area contributed by atoms with Crippen LogP contribution in [0.1, 0.15) is 39.5 Å². The average Bonchev–Trinajstić information content (AvgIpc) is 3.17. The summed E-state index contributed by atoms with van der Waals surface area (Å²) in [6, 6.07) is 9.44. The fourth-order valence-corrected chi connectivity index (χ4v) is 4.58. The Bertz CT molecular complexity index is 1100. The molecule has 3 heterocycles. The molecule has 0 amide bonds. The molecule has 3 aliphatic rings. The van der Waals surface area contributed by atoms with E-state index < -0.39 is 79.4 Å². The number of ether oxygens (including phenoxy) is 9. The zero-order valence-electron chi connectivity index (χ0n) is 22.5.